The first-order valence-corrected chi connectivity index (χ1v) is 5.91. The molecule has 0 aromatic carbocycles. The summed E-state index contributed by atoms with van der Waals surface area (Å²) >= 11 is 0. The average Bonchev–Trinajstić information content (AvgIpc) is 2.74. The van der Waals surface area contributed by atoms with Gasteiger partial charge in [0.1, 0.15) is 12.6 Å². The maximum absolute atomic E-state index is 12.3. The fourth-order valence-electron chi connectivity index (χ4n) is 1.86. The Bertz CT molecular complexity index is 551. The summed E-state index contributed by atoms with van der Waals surface area (Å²) in [4.78, 5) is 36.3. The van der Waals surface area contributed by atoms with E-state index in [0.29, 0.717) is 6.54 Å². The molecule has 3 amide bonds. The molecule has 1 aliphatic rings. The molecule has 1 aromatic heterocycles. The molecule has 2 rings (SSSR count). The van der Waals surface area contributed by atoms with Gasteiger partial charge in [-0.1, -0.05) is 0 Å². The molecule has 1 atom stereocenters. The van der Waals surface area contributed by atoms with E-state index >= 15 is 0 Å². The van der Waals surface area contributed by atoms with Crippen LogP contribution in [-0.2, 0) is 16.1 Å². The van der Waals surface area contributed by atoms with Crippen LogP contribution in [0.5, 0.6) is 0 Å². The molecule has 19 heavy (non-hydrogen) atoms. The smallest absolute Gasteiger partial charge is 0.277 e. The minimum atomic E-state index is -0.726. The fourth-order valence-corrected chi connectivity index (χ4v) is 1.86. The Morgan fingerprint density at radius 2 is 2.26 bits per heavy atom. The number of aryl methyl sites for hydroxylation is 1. The van der Waals surface area contributed by atoms with Crippen LogP contribution in [0.2, 0.25) is 0 Å². The summed E-state index contributed by atoms with van der Waals surface area (Å²) in [7, 11) is 0. The van der Waals surface area contributed by atoms with Crippen molar-refractivity contribution in [1.29, 1.82) is 0 Å². The van der Waals surface area contributed by atoms with Crippen molar-refractivity contribution in [1.82, 2.24) is 20.0 Å². The SMILES string of the molecule is CCn1cc(N)c(C(=O)N2CC(=O)NC(=O)C2C)n1. The molecule has 1 fully saturated rings. The summed E-state index contributed by atoms with van der Waals surface area (Å²) in [6, 6.07) is -0.726. The molecule has 0 saturated carbocycles. The lowest BCUT2D eigenvalue weighted by Crippen LogP contribution is -2.58. The number of amides is 3. The topological polar surface area (TPSA) is 110 Å². The van der Waals surface area contributed by atoms with E-state index in [9.17, 15) is 14.4 Å². The maximum Gasteiger partial charge on any atom is 0.277 e. The van der Waals surface area contributed by atoms with E-state index in [2.05, 4.69) is 10.4 Å². The second-order valence-electron chi connectivity index (χ2n) is 4.31. The Kier molecular flexibility index (Phi) is 3.24. The van der Waals surface area contributed by atoms with Crippen LogP contribution in [0.3, 0.4) is 0 Å². The number of aromatic nitrogens is 2. The Morgan fingerprint density at radius 3 is 2.84 bits per heavy atom. The van der Waals surface area contributed by atoms with Gasteiger partial charge in [0.25, 0.3) is 5.91 Å². The van der Waals surface area contributed by atoms with E-state index in [0.717, 1.165) is 0 Å². The predicted octanol–water partition coefficient (Wildman–Crippen LogP) is -1.03. The van der Waals surface area contributed by atoms with Crippen LogP contribution in [0.15, 0.2) is 6.20 Å². The number of carbonyl (C=O) groups excluding carboxylic acids is 3. The van der Waals surface area contributed by atoms with Gasteiger partial charge in [-0.05, 0) is 13.8 Å². The molecule has 1 unspecified atom stereocenters. The van der Waals surface area contributed by atoms with Gasteiger partial charge in [0.2, 0.25) is 11.8 Å². The van der Waals surface area contributed by atoms with Crippen molar-refractivity contribution in [2.24, 2.45) is 0 Å². The second-order valence-corrected chi connectivity index (χ2v) is 4.31. The minimum Gasteiger partial charge on any atom is -0.396 e. The molecule has 0 aliphatic carbocycles. The Hall–Kier alpha value is -2.38. The van der Waals surface area contributed by atoms with Gasteiger partial charge in [-0.25, -0.2) is 0 Å². The van der Waals surface area contributed by atoms with Crippen LogP contribution in [0.25, 0.3) is 0 Å². The summed E-state index contributed by atoms with van der Waals surface area (Å²) in [5.41, 5.74) is 6.02. The number of anilines is 1. The molecule has 102 valence electrons. The van der Waals surface area contributed by atoms with E-state index < -0.39 is 23.8 Å². The van der Waals surface area contributed by atoms with Crippen LogP contribution in [0.4, 0.5) is 5.69 Å². The quantitative estimate of drug-likeness (QED) is 0.664. The molecular formula is C11H15N5O3. The van der Waals surface area contributed by atoms with Gasteiger partial charge in [0.15, 0.2) is 5.69 Å². The van der Waals surface area contributed by atoms with E-state index in [1.165, 1.54) is 9.58 Å². The highest BCUT2D eigenvalue weighted by Gasteiger charge is 2.35. The van der Waals surface area contributed by atoms with E-state index in [1.54, 1.807) is 13.1 Å². The molecule has 1 saturated heterocycles. The van der Waals surface area contributed by atoms with Gasteiger partial charge >= 0.3 is 0 Å². The third kappa shape index (κ3) is 2.28. The lowest BCUT2D eigenvalue weighted by Gasteiger charge is -2.31. The number of piperazine rings is 1. The van der Waals surface area contributed by atoms with Gasteiger partial charge in [0.05, 0.1) is 5.69 Å². The van der Waals surface area contributed by atoms with Crippen molar-refractivity contribution in [3.05, 3.63) is 11.9 Å². The van der Waals surface area contributed by atoms with Crippen molar-refractivity contribution in [3.63, 3.8) is 0 Å². The van der Waals surface area contributed by atoms with Gasteiger partial charge in [0, 0.05) is 12.7 Å². The standard InChI is InChI=1S/C11H15N5O3/c1-3-15-4-7(12)9(14-15)11(19)16-5-8(17)13-10(18)6(16)2/h4,6H,3,5,12H2,1-2H3,(H,13,17,18). The fraction of sp³-hybridized carbons (Fsp3) is 0.455. The molecule has 2 heterocycles. The van der Waals surface area contributed by atoms with Crippen molar-refractivity contribution in [3.8, 4) is 0 Å². The average molecular weight is 265 g/mol. The first-order valence-electron chi connectivity index (χ1n) is 5.91. The van der Waals surface area contributed by atoms with Crippen molar-refractivity contribution in [2.45, 2.75) is 26.4 Å². The number of imide groups is 1. The first kappa shape index (κ1) is 13.1. The summed E-state index contributed by atoms with van der Waals surface area (Å²) in [5.74, 6) is -1.52. The first-order chi connectivity index (χ1) is 8.93. The van der Waals surface area contributed by atoms with Gasteiger partial charge in [-0.15, -0.1) is 0 Å². The summed E-state index contributed by atoms with van der Waals surface area (Å²) in [6.45, 7) is 3.81. The lowest BCUT2D eigenvalue weighted by atomic mass is 10.2. The van der Waals surface area contributed by atoms with Crippen LogP contribution >= 0.6 is 0 Å². The summed E-state index contributed by atoms with van der Waals surface area (Å²) < 4.78 is 1.53. The molecule has 0 radical (unpaired) electrons. The van der Waals surface area contributed by atoms with Gasteiger partial charge in [-0.3, -0.25) is 24.4 Å². The van der Waals surface area contributed by atoms with Gasteiger partial charge < -0.3 is 10.6 Å². The van der Waals surface area contributed by atoms with Crippen molar-refractivity contribution in [2.75, 3.05) is 12.3 Å². The normalized spacial score (nSPS) is 19.5. The molecule has 1 aromatic rings. The number of nitrogens with two attached hydrogens (primary N) is 1. The number of nitrogens with zero attached hydrogens (tertiary/aromatic N) is 3. The second kappa shape index (κ2) is 4.71. The zero-order chi connectivity index (χ0) is 14.2. The Balaban J connectivity index is 2.29. The van der Waals surface area contributed by atoms with E-state index in [1.807, 2.05) is 6.92 Å². The van der Waals surface area contributed by atoms with Crippen LogP contribution in [-0.4, -0.2) is 45.0 Å². The molecule has 8 heteroatoms. The van der Waals surface area contributed by atoms with Gasteiger partial charge in [-0.2, -0.15) is 5.10 Å². The van der Waals surface area contributed by atoms with E-state index in [4.69, 9.17) is 5.73 Å². The maximum atomic E-state index is 12.3. The summed E-state index contributed by atoms with van der Waals surface area (Å²) in [5, 5.41) is 6.21. The highest BCUT2D eigenvalue weighted by molar-refractivity contribution is 6.07. The Morgan fingerprint density at radius 1 is 1.58 bits per heavy atom. The molecule has 1 aliphatic heterocycles. The number of nitrogen functional groups attached to an aromatic ring is 1. The molecule has 0 spiro atoms. The third-order valence-corrected chi connectivity index (χ3v) is 3.00. The monoisotopic (exact) mass is 265 g/mol. The molecule has 0 bridgehead atoms. The third-order valence-electron chi connectivity index (χ3n) is 3.00. The van der Waals surface area contributed by atoms with Crippen molar-refractivity contribution >= 4 is 23.4 Å². The molecular weight excluding hydrogens is 250 g/mol. The minimum absolute atomic E-state index is 0.0659. The number of nitrogens with one attached hydrogen (secondary N) is 1. The number of rotatable bonds is 2. The van der Waals surface area contributed by atoms with Crippen LogP contribution < -0.4 is 11.1 Å². The Labute approximate surface area is 109 Å². The summed E-state index contributed by atoms with van der Waals surface area (Å²) in [6.07, 6.45) is 1.55. The highest BCUT2D eigenvalue weighted by Crippen LogP contribution is 2.15. The molecule has 3 N–H and O–H groups in total. The predicted molar refractivity (Wildman–Crippen MR) is 66.0 cm³/mol. The number of hydrogen-bond donors (Lipinski definition) is 2. The zero-order valence-corrected chi connectivity index (χ0v) is 10.7. The van der Waals surface area contributed by atoms with Crippen molar-refractivity contribution < 1.29 is 14.4 Å². The van der Waals surface area contributed by atoms with E-state index in [-0.39, 0.29) is 17.9 Å². The zero-order valence-electron chi connectivity index (χ0n) is 10.7. The van der Waals surface area contributed by atoms with Crippen LogP contribution in [0.1, 0.15) is 24.3 Å². The number of hydrogen-bond acceptors (Lipinski definition) is 5. The number of carbonyl (C=O) groups is 3. The lowest BCUT2D eigenvalue weighted by molar-refractivity contribution is -0.138. The van der Waals surface area contributed by atoms with Crippen LogP contribution in [0, 0.1) is 0 Å². The molecule has 8 nitrogen and oxygen atoms in total. The largest absolute Gasteiger partial charge is 0.396 e. The highest BCUT2D eigenvalue weighted by atomic mass is 16.2.